The standard InChI is InChI=1S/C29H38N4O2/c1-17-9-8-10-23(18(17)2)19(3)30-28-25-15-24(27(35-7)16-26(25)31-20(4)32-28)21-11-13-22(14-12-21)29(34)33(5)6/h8-10,15-16,19,21-22H,11-14H2,1-7H3,(H,30,31,32)/t19-,21?,22?/m0/s1. The minimum absolute atomic E-state index is 0.102. The summed E-state index contributed by atoms with van der Waals surface area (Å²) < 4.78 is 5.82. The summed E-state index contributed by atoms with van der Waals surface area (Å²) in [6.07, 6.45) is 3.76. The fourth-order valence-electron chi connectivity index (χ4n) is 5.44. The molecule has 0 spiro atoms. The molecule has 2 aromatic carbocycles. The Labute approximate surface area is 209 Å². The number of anilines is 1. The van der Waals surface area contributed by atoms with Crippen LogP contribution >= 0.6 is 0 Å². The van der Waals surface area contributed by atoms with E-state index in [4.69, 9.17) is 14.7 Å². The number of amides is 1. The van der Waals surface area contributed by atoms with Crippen LogP contribution in [0.5, 0.6) is 5.75 Å². The van der Waals surface area contributed by atoms with Crippen LogP contribution in [0, 0.1) is 26.7 Å². The van der Waals surface area contributed by atoms with Crippen LogP contribution in [-0.2, 0) is 4.79 Å². The molecule has 1 aromatic heterocycles. The minimum atomic E-state index is 0.102. The summed E-state index contributed by atoms with van der Waals surface area (Å²) >= 11 is 0. The molecule has 35 heavy (non-hydrogen) atoms. The van der Waals surface area contributed by atoms with E-state index in [1.54, 1.807) is 12.0 Å². The van der Waals surface area contributed by atoms with Gasteiger partial charge in [-0.05, 0) is 87.6 Å². The lowest BCUT2D eigenvalue weighted by Gasteiger charge is -2.30. The van der Waals surface area contributed by atoms with Crippen LogP contribution in [0.15, 0.2) is 30.3 Å². The quantitative estimate of drug-likeness (QED) is 0.468. The fourth-order valence-corrected chi connectivity index (χ4v) is 5.44. The number of aromatic nitrogens is 2. The maximum absolute atomic E-state index is 12.5. The molecule has 1 amide bonds. The summed E-state index contributed by atoms with van der Waals surface area (Å²) in [5.74, 6) is 3.16. The third kappa shape index (κ3) is 5.12. The third-order valence-electron chi connectivity index (χ3n) is 7.58. The van der Waals surface area contributed by atoms with Gasteiger partial charge in [0.15, 0.2) is 0 Å². The molecule has 1 aliphatic carbocycles. The molecule has 0 aliphatic heterocycles. The molecule has 1 aliphatic rings. The monoisotopic (exact) mass is 474 g/mol. The lowest BCUT2D eigenvalue weighted by molar-refractivity contribution is -0.134. The van der Waals surface area contributed by atoms with E-state index in [1.807, 2.05) is 27.1 Å². The SMILES string of the molecule is COc1cc2nc(C)nc(N[C@@H](C)c3cccc(C)c3C)c2cc1C1CCC(C(=O)N(C)C)CC1. The molecule has 1 N–H and O–H groups in total. The average molecular weight is 475 g/mol. The van der Waals surface area contributed by atoms with E-state index in [0.717, 1.165) is 54.0 Å². The van der Waals surface area contributed by atoms with Gasteiger partial charge < -0.3 is 15.0 Å². The van der Waals surface area contributed by atoms with E-state index in [1.165, 1.54) is 22.3 Å². The van der Waals surface area contributed by atoms with Gasteiger partial charge in [-0.1, -0.05) is 18.2 Å². The molecule has 1 atom stereocenters. The van der Waals surface area contributed by atoms with Crippen molar-refractivity contribution in [3.05, 3.63) is 58.4 Å². The van der Waals surface area contributed by atoms with Crippen molar-refractivity contribution in [2.24, 2.45) is 5.92 Å². The number of hydrogen-bond donors (Lipinski definition) is 1. The highest BCUT2D eigenvalue weighted by molar-refractivity contribution is 5.91. The Morgan fingerprint density at radius 3 is 2.46 bits per heavy atom. The fraction of sp³-hybridized carbons (Fsp3) is 0.483. The number of nitrogens with zero attached hydrogens (tertiary/aromatic N) is 3. The van der Waals surface area contributed by atoms with Crippen molar-refractivity contribution in [1.82, 2.24) is 14.9 Å². The number of fused-ring (bicyclic) bond motifs is 1. The summed E-state index contributed by atoms with van der Waals surface area (Å²) in [5.41, 5.74) is 5.92. The summed E-state index contributed by atoms with van der Waals surface area (Å²) in [4.78, 5) is 23.7. The van der Waals surface area contributed by atoms with Gasteiger partial charge in [0.2, 0.25) is 5.91 Å². The van der Waals surface area contributed by atoms with Gasteiger partial charge >= 0.3 is 0 Å². The van der Waals surface area contributed by atoms with Crippen molar-refractivity contribution in [2.75, 3.05) is 26.5 Å². The van der Waals surface area contributed by atoms with Crippen LogP contribution in [0.1, 0.15) is 72.6 Å². The molecule has 0 saturated heterocycles. The first-order valence-corrected chi connectivity index (χ1v) is 12.6. The number of carbonyl (C=O) groups excluding carboxylic acids is 1. The number of aryl methyl sites for hydroxylation is 2. The zero-order valence-corrected chi connectivity index (χ0v) is 22.1. The molecule has 3 aromatic rings. The molecule has 0 bridgehead atoms. The summed E-state index contributed by atoms with van der Waals surface area (Å²) in [7, 11) is 5.41. The molecule has 6 heteroatoms. The number of carbonyl (C=O) groups is 1. The number of hydrogen-bond acceptors (Lipinski definition) is 5. The summed E-state index contributed by atoms with van der Waals surface area (Å²) in [6, 6.07) is 10.8. The predicted molar refractivity (Wildman–Crippen MR) is 142 cm³/mol. The maximum Gasteiger partial charge on any atom is 0.225 e. The largest absolute Gasteiger partial charge is 0.496 e. The summed E-state index contributed by atoms with van der Waals surface area (Å²) in [6.45, 7) is 8.43. The van der Waals surface area contributed by atoms with Gasteiger partial charge in [-0.2, -0.15) is 0 Å². The van der Waals surface area contributed by atoms with Crippen molar-refractivity contribution >= 4 is 22.6 Å². The maximum atomic E-state index is 12.5. The van der Waals surface area contributed by atoms with Crippen molar-refractivity contribution in [1.29, 1.82) is 0 Å². The van der Waals surface area contributed by atoms with E-state index >= 15 is 0 Å². The average Bonchev–Trinajstić information content (AvgIpc) is 2.84. The van der Waals surface area contributed by atoms with E-state index in [0.29, 0.717) is 5.92 Å². The lowest BCUT2D eigenvalue weighted by Crippen LogP contribution is -2.32. The van der Waals surface area contributed by atoms with Crippen LogP contribution in [0.2, 0.25) is 0 Å². The first-order valence-electron chi connectivity index (χ1n) is 12.6. The molecule has 186 valence electrons. The van der Waals surface area contributed by atoms with Crippen LogP contribution in [-0.4, -0.2) is 42.0 Å². The Bertz CT molecular complexity index is 1230. The van der Waals surface area contributed by atoms with Crippen LogP contribution in [0.4, 0.5) is 5.82 Å². The van der Waals surface area contributed by atoms with E-state index in [-0.39, 0.29) is 17.9 Å². The van der Waals surface area contributed by atoms with Gasteiger partial charge in [-0.15, -0.1) is 0 Å². The van der Waals surface area contributed by atoms with Crippen molar-refractivity contribution in [2.45, 2.75) is 65.3 Å². The zero-order chi connectivity index (χ0) is 25.3. The molecule has 6 nitrogen and oxygen atoms in total. The van der Waals surface area contributed by atoms with Gasteiger partial charge in [-0.25, -0.2) is 9.97 Å². The van der Waals surface area contributed by atoms with Crippen molar-refractivity contribution in [3.63, 3.8) is 0 Å². The summed E-state index contributed by atoms with van der Waals surface area (Å²) in [5, 5.41) is 4.68. The highest BCUT2D eigenvalue weighted by Crippen LogP contribution is 2.42. The molecule has 1 fully saturated rings. The van der Waals surface area contributed by atoms with E-state index < -0.39 is 0 Å². The first-order chi connectivity index (χ1) is 16.7. The zero-order valence-electron chi connectivity index (χ0n) is 22.1. The molecule has 1 heterocycles. The Morgan fingerprint density at radius 1 is 1.09 bits per heavy atom. The molecule has 0 unspecified atom stereocenters. The van der Waals surface area contributed by atoms with Gasteiger partial charge in [0.1, 0.15) is 17.4 Å². The van der Waals surface area contributed by atoms with Crippen LogP contribution < -0.4 is 10.1 Å². The number of ether oxygens (including phenoxy) is 1. The first kappa shape index (κ1) is 25.0. The molecule has 1 saturated carbocycles. The number of methoxy groups -OCH3 is 1. The topological polar surface area (TPSA) is 67.4 Å². The molecule has 4 rings (SSSR count). The second-order valence-electron chi connectivity index (χ2n) is 10.2. The van der Waals surface area contributed by atoms with E-state index in [9.17, 15) is 4.79 Å². The number of benzene rings is 2. The second kappa shape index (κ2) is 10.2. The Morgan fingerprint density at radius 2 is 1.80 bits per heavy atom. The number of nitrogens with one attached hydrogen (secondary N) is 1. The van der Waals surface area contributed by atoms with Crippen molar-refractivity contribution in [3.8, 4) is 5.75 Å². The predicted octanol–water partition coefficient (Wildman–Crippen LogP) is 6.10. The smallest absolute Gasteiger partial charge is 0.225 e. The minimum Gasteiger partial charge on any atom is -0.496 e. The second-order valence-corrected chi connectivity index (χ2v) is 10.2. The Hall–Kier alpha value is -3.15. The van der Waals surface area contributed by atoms with E-state index in [2.05, 4.69) is 50.4 Å². The Kier molecular flexibility index (Phi) is 7.29. The highest BCUT2D eigenvalue weighted by atomic mass is 16.5. The van der Waals surface area contributed by atoms with Crippen LogP contribution in [0.25, 0.3) is 10.9 Å². The number of rotatable bonds is 6. The molecule has 0 radical (unpaired) electrons. The van der Waals surface area contributed by atoms with Gasteiger partial charge in [-0.3, -0.25) is 4.79 Å². The molecular formula is C29H38N4O2. The van der Waals surface area contributed by atoms with Gasteiger partial charge in [0, 0.05) is 31.5 Å². The van der Waals surface area contributed by atoms with Crippen molar-refractivity contribution < 1.29 is 9.53 Å². The third-order valence-corrected chi connectivity index (χ3v) is 7.58. The molecular weight excluding hydrogens is 436 g/mol. The van der Waals surface area contributed by atoms with Gasteiger partial charge in [0.05, 0.1) is 18.7 Å². The van der Waals surface area contributed by atoms with Gasteiger partial charge in [0.25, 0.3) is 0 Å². The lowest BCUT2D eigenvalue weighted by atomic mass is 9.77. The Balaban J connectivity index is 1.68. The van der Waals surface area contributed by atoms with Crippen LogP contribution in [0.3, 0.4) is 0 Å². The normalized spacial score (nSPS) is 18.8. The highest BCUT2D eigenvalue weighted by Gasteiger charge is 2.30.